The predicted octanol–water partition coefficient (Wildman–Crippen LogP) is 20.0. The first kappa shape index (κ1) is 48.8. The summed E-state index contributed by atoms with van der Waals surface area (Å²) in [7, 11) is 0. The van der Waals surface area contributed by atoms with Gasteiger partial charge in [0.1, 0.15) is 0 Å². The van der Waals surface area contributed by atoms with Crippen molar-refractivity contribution in [3.8, 4) is 78.1 Å². The summed E-state index contributed by atoms with van der Waals surface area (Å²) in [6.45, 7) is 17.9. The molecule has 0 saturated carbocycles. The molecule has 0 saturated heterocycles. The molecule has 88 heavy (non-hydrogen) atoms. The van der Waals surface area contributed by atoms with Gasteiger partial charge >= 0.3 is 6.85 Å². The van der Waals surface area contributed by atoms with E-state index in [1.807, 2.05) is 0 Å². The maximum Gasteiger partial charge on any atom is 0.333 e. The van der Waals surface area contributed by atoms with Gasteiger partial charge in [-0.3, -0.25) is 0 Å². The van der Waals surface area contributed by atoms with Crippen LogP contribution in [-0.4, -0.2) is 25.0 Å². The third-order valence-electron chi connectivity index (χ3n) is 21.3. The van der Waals surface area contributed by atoms with Gasteiger partial charge in [0.25, 0.3) is 0 Å². The van der Waals surface area contributed by atoms with Crippen LogP contribution < -0.4 is 10.9 Å². The Morgan fingerprint density at radius 3 is 1.31 bits per heavy atom. The lowest BCUT2D eigenvalue weighted by molar-refractivity contribution is 0.711. The SMILES string of the molecule is Cc1ccc(-c2cccc3c2c2c(-c4ccc(C)cc4C)ccc4c2n3-c2cccc3c2B4n2c4c-3cccc4c3c2c2cccc4c2n3C2c3c-4cccc3-n3c4cccc(-c5ccc(C)cc5C)c4c4c(-c5ccc(C)cc5C)ccc2c43)c(C)c1. The molecule has 1 unspecified atom stereocenters. The van der Waals surface area contributed by atoms with Crippen molar-refractivity contribution >= 4 is 94.2 Å². The highest BCUT2D eigenvalue weighted by molar-refractivity contribution is 6.90. The van der Waals surface area contributed by atoms with Crippen molar-refractivity contribution in [1.29, 1.82) is 0 Å². The Kier molecular flexibility index (Phi) is 9.31. The highest BCUT2D eigenvalue weighted by atomic mass is 15.1. The Morgan fingerprint density at radius 2 is 0.739 bits per heavy atom. The highest BCUT2D eigenvalue weighted by Crippen LogP contribution is 2.59. The second-order valence-electron chi connectivity index (χ2n) is 26.3. The lowest BCUT2D eigenvalue weighted by Gasteiger charge is -2.36. The van der Waals surface area contributed by atoms with Gasteiger partial charge in [-0.25, -0.2) is 0 Å². The summed E-state index contributed by atoms with van der Waals surface area (Å²) in [4.78, 5) is 0. The lowest BCUT2D eigenvalue weighted by atomic mass is 9.45. The first-order chi connectivity index (χ1) is 43.0. The van der Waals surface area contributed by atoms with Crippen LogP contribution in [0.2, 0.25) is 0 Å². The Balaban J connectivity index is 0.928. The smallest absolute Gasteiger partial charge is 0.333 e. The Bertz CT molecular complexity index is 5620. The summed E-state index contributed by atoms with van der Waals surface area (Å²) in [5.74, 6) is 0. The van der Waals surface area contributed by atoms with E-state index < -0.39 is 0 Å². The summed E-state index contributed by atoms with van der Waals surface area (Å²) < 4.78 is 11.0. The molecule has 12 aromatic carbocycles. The Morgan fingerprint density at radius 1 is 0.307 bits per heavy atom. The van der Waals surface area contributed by atoms with Crippen LogP contribution in [0.25, 0.3) is 155 Å². The maximum absolute atomic E-state index is 2.83. The molecule has 4 aromatic heterocycles. The van der Waals surface area contributed by atoms with Crippen LogP contribution in [0.15, 0.2) is 206 Å². The molecule has 0 spiro atoms. The van der Waals surface area contributed by atoms with E-state index in [1.54, 1.807) is 0 Å². The molecule has 1 atom stereocenters. The molecule has 16 aromatic rings. The third kappa shape index (κ3) is 5.88. The van der Waals surface area contributed by atoms with Crippen molar-refractivity contribution in [1.82, 2.24) is 18.2 Å². The normalized spacial score (nSPS) is 14.0. The molecular weight excluding hydrogens is 1060 g/mol. The van der Waals surface area contributed by atoms with Crippen LogP contribution in [0.3, 0.4) is 0 Å². The van der Waals surface area contributed by atoms with E-state index in [2.05, 4.69) is 280 Å². The number of hydrogen-bond acceptors (Lipinski definition) is 0. The van der Waals surface area contributed by atoms with E-state index in [1.165, 1.54) is 221 Å². The van der Waals surface area contributed by atoms with Crippen LogP contribution >= 0.6 is 0 Å². The first-order valence-electron chi connectivity index (χ1n) is 31.4. The summed E-state index contributed by atoms with van der Waals surface area (Å²) in [5.41, 5.74) is 43.9. The maximum atomic E-state index is 2.83. The van der Waals surface area contributed by atoms with Crippen molar-refractivity contribution in [2.45, 2.75) is 61.4 Å². The molecule has 0 bridgehead atoms. The topological polar surface area (TPSA) is 19.7 Å². The number of benzene rings is 12. The third-order valence-corrected chi connectivity index (χ3v) is 21.3. The number of aryl methyl sites for hydroxylation is 8. The number of aromatic nitrogens is 4. The van der Waals surface area contributed by atoms with Crippen molar-refractivity contribution in [2.24, 2.45) is 0 Å². The van der Waals surface area contributed by atoms with Crippen LogP contribution in [0, 0.1) is 55.4 Å². The van der Waals surface area contributed by atoms with Crippen LogP contribution in [0.5, 0.6) is 0 Å². The average molecular weight is 1120 g/mol. The summed E-state index contributed by atoms with van der Waals surface area (Å²) in [5, 5.41) is 7.85. The van der Waals surface area contributed by atoms with E-state index in [4.69, 9.17) is 0 Å². The van der Waals surface area contributed by atoms with E-state index in [0.717, 1.165) is 0 Å². The minimum absolute atomic E-state index is 0.124. The second kappa shape index (κ2) is 16.8. The quantitative estimate of drug-likeness (QED) is 0.157. The number of nitrogens with zero attached hydrogens (tertiary/aromatic N) is 4. The minimum atomic E-state index is -0.124. The van der Waals surface area contributed by atoms with E-state index >= 15 is 0 Å². The molecule has 20 rings (SSSR count). The zero-order valence-corrected chi connectivity index (χ0v) is 50.6. The standard InChI is InChI=1S/C83H59BN4/c1-43-27-31-51(47(5)39-43)55-15-11-23-67-71(55)74-58(53-33-29-45(3)41-49(53)7)35-36-65-79-73-57(17-13-25-69(73)85(67)80(65)74)61-19-9-21-63-77(61)87(79)81-64-22-10-20-62-60-18-14-26-70-76(60)84(88(78(62)64)82(63)81)66-38-37-59(54-34-30-46(4)42-50(54)8)75-72-56(52-32-28-44(2)40-48(52)6)16-12-24-68(72)86(70)83(66)75/h9-42,79H,1-8H3. The summed E-state index contributed by atoms with van der Waals surface area (Å²) in [6, 6.07) is 80.7. The van der Waals surface area contributed by atoms with Gasteiger partial charge in [-0.2, -0.15) is 0 Å². The van der Waals surface area contributed by atoms with Crippen LogP contribution in [0.4, 0.5) is 0 Å². The van der Waals surface area contributed by atoms with Gasteiger partial charge in [-0.15, -0.1) is 0 Å². The molecule has 8 heterocycles. The fourth-order valence-electron chi connectivity index (χ4n) is 18.0. The number of rotatable bonds is 4. The molecule has 4 aliphatic heterocycles. The van der Waals surface area contributed by atoms with Crippen molar-refractivity contribution in [3.05, 3.63) is 262 Å². The molecule has 0 N–H and O–H groups in total. The summed E-state index contributed by atoms with van der Waals surface area (Å²) in [6.07, 6.45) is 0. The summed E-state index contributed by atoms with van der Waals surface area (Å²) >= 11 is 0. The second-order valence-corrected chi connectivity index (χ2v) is 26.3. The zero-order valence-electron chi connectivity index (χ0n) is 50.6. The van der Waals surface area contributed by atoms with E-state index in [0.29, 0.717) is 0 Å². The van der Waals surface area contributed by atoms with Gasteiger partial charge in [0, 0.05) is 65.8 Å². The molecule has 4 aliphatic rings. The van der Waals surface area contributed by atoms with Gasteiger partial charge in [-0.1, -0.05) is 204 Å². The Hall–Kier alpha value is -10.4. The largest absolute Gasteiger partial charge is 0.374 e. The van der Waals surface area contributed by atoms with Crippen LogP contribution in [-0.2, 0) is 0 Å². The molecule has 0 aliphatic carbocycles. The van der Waals surface area contributed by atoms with Gasteiger partial charge in [0.15, 0.2) is 0 Å². The lowest BCUT2D eigenvalue weighted by Crippen LogP contribution is -2.55. The Labute approximate surface area is 510 Å². The molecule has 5 heteroatoms. The fraction of sp³-hybridized carbons (Fsp3) is 0.108. The highest BCUT2D eigenvalue weighted by Gasteiger charge is 2.46. The molecule has 0 radical (unpaired) electrons. The number of para-hydroxylation sites is 2. The van der Waals surface area contributed by atoms with Crippen molar-refractivity contribution in [3.63, 3.8) is 0 Å². The van der Waals surface area contributed by atoms with Gasteiger partial charge in [0.2, 0.25) is 0 Å². The average Bonchev–Trinajstić information content (AvgIpc) is 1.49. The number of fused-ring (bicyclic) bond motifs is 19. The van der Waals surface area contributed by atoms with Crippen molar-refractivity contribution in [2.75, 3.05) is 0 Å². The first-order valence-corrected chi connectivity index (χ1v) is 31.4. The van der Waals surface area contributed by atoms with E-state index in [9.17, 15) is 0 Å². The van der Waals surface area contributed by atoms with Crippen LogP contribution in [0.1, 0.15) is 61.7 Å². The molecule has 0 amide bonds. The minimum Gasteiger partial charge on any atom is -0.374 e. The van der Waals surface area contributed by atoms with Crippen molar-refractivity contribution < 1.29 is 0 Å². The van der Waals surface area contributed by atoms with E-state index in [-0.39, 0.29) is 12.9 Å². The van der Waals surface area contributed by atoms with Gasteiger partial charge in [0.05, 0.1) is 50.3 Å². The van der Waals surface area contributed by atoms with Gasteiger partial charge < -0.3 is 18.2 Å². The predicted molar refractivity (Wildman–Crippen MR) is 372 cm³/mol. The van der Waals surface area contributed by atoms with Gasteiger partial charge in [-0.05, 0) is 168 Å². The fourth-order valence-corrected chi connectivity index (χ4v) is 18.0. The zero-order chi connectivity index (χ0) is 58.6. The monoisotopic (exact) mass is 1120 g/mol. The molecule has 4 nitrogen and oxygen atoms in total. The molecule has 414 valence electrons. The molecular formula is C83H59BN4. The molecule has 0 fully saturated rings. The number of hydrogen-bond donors (Lipinski definition) is 0.